The lowest BCUT2D eigenvalue weighted by atomic mass is 10.1. The average molecular weight is 206 g/mol. The molecule has 2 N–H and O–H groups in total. The molecule has 1 aromatic carbocycles. The normalized spacial score (nSPS) is 10.0. The van der Waals surface area contributed by atoms with Crippen molar-refractivity contribution in [3.05, 3.63) is 35.4 Å². The Bertz CT molecular complexity index is 306. The summed E-state index contributed by atoms with van der Waals surface area (Å²) in [6.07, 6.45) is 0.530. The number of carbonyl (C=O) groups excluding carboxylic acids is 1. The summed E-state index contributed by atoms with van der Waals surface area (Å²) in [5.74, 6) is 0.0754. The zero-order valence-electron chi connectivity index (χ0n) is 9.34. The van der Waals surface area contributed by atoms with E-state index in [0.717, 1.165) is 6.54 Å². The van der Waals surface area contributed by atoms with Crippen molar-refractivity contribution in [3.8, 4) is 0 Å². The lowest BCUT2D eigenvalue weighted by Gasteiger charge is -2.04. The number of aryl methyl sites for hydroxylation is 1. The second-order valence-electron chi connectivity index (χ2n) is 3.59. The van der Waals surface area contributed by atoms with Crippen LogP contribution in [0.4, 0.5) is 0 Å². The summed E-state index contributed by atoms with van der Waals surface area (Å²) in [6.45, 7) is 3.60. The van der Waals surface area contributed by atoms with Gasteiger partial charge in [-0.1, -0.05) is 29.8 Å². The molecule has 0 aliphatic carbocycles. The summed E-state index contributed by atoms with van der Waals surface area (Å²) >= 11 is 0. The van der Waals surface area contributed by atoms with Gasteiger partial charge in [-0.2, -0.15) is 0 Å². The zero-order valence-corrected chi connectivity index (χ0v) is 9.34. The highest BCUT2D eigenvalue weighted by atomic mass is 16.1. The van der Waals surface area contributed by atoms with Gasteiger partial charge in [0, 0.05) is 26.6 Å². The second-order valence-corrected chi connectivity index (χ2v) is 3.59. The Labute approximate surface area is 90.9 Å². The van der Waals surface area contributed by atoms with Crippen molar-refractivity contribution in [1.82, 2.24) is 10.6 Å². The molecule has 0 atom stereocenters. The maximum absolute atomic E-state index is 10.9. The van der Waals surface area contributed by atoms with Crippen molar-refractivity contribution < 1.29 is 4.79 Å². The fourth-order valence-corrected chi connectivity index (χ4v) is 1.27. The van der Waals surface area contributed by atoms with Crippen LogP contribution in [0, 0.1) is 6.92 Å². The molecule has 1 rings (SSSR count). The first-order valence-corrected chi connectivity index (χ1v) is 5.19. The molecule has 0 saturated heterocycles. The molecule has 0 aliphatic rings. The highest BCUT2D eigenvalue weighted by Gasteiger charge is 1.96. The molecule has 82 valence electrons. The van der Waals surface area contributed by atoms with Crippen molar-refractivity contribution in [1.29, 1.82) is 0 Å². The molecule has 0 radical (unpaired) electrons. The van der Waals surface area contributed by atoms with Gasteiger partial charge in [-0.3, -0.25) is 4.79 Å². The van der Waals surface area contributed by atoms with Crippen LogP contribution < -0.4 is 10.6 Å². The average Bonchev–Trinajstić information content (AvgIpc) is 2.26. The van der Waals surface area contributed by atoms with Crippen molar-refractivity contribution in [2.75, 3.05) is 13.6 Å². The first-order chi connectivity index (χ1) is 7.22. The SMILES string of the molecule is CNC(=O)CCNCc1ccc(C)cc1. The molecule has 3 nitrogen and oxygen atoms in total. The van der Waals surface area contributed by atoms with Gasteiger partial charge >= 0.3 is 0 Å². The lowest BCUT2D eigenvalue weighted by Crippen LogP contribution is -2.24. The lowest BCUT2D eigenvalue weighted by molar-refractivity contribution is -0.120. The van der Waals surface area contributed by atoms with Gasteiger partial charge in [0.15, 0.2) is 0 Å². The molecule has 0 bridgehead atoms. The minimum absolute atomic E-state index is 0.0754. The van der Waals surface area contributed by atoms with Gasteiger partial charge in [0.25, 0.3) is 0 Å². The van der Waals surface area contributed by atoms with Crippen LogP contribution in [0.5, 0.6) is 0 Å². The molecule has 15 heavy (non-hydrogen) atoms. The number of amides is 1. The Morgan fingerprint density at radius 2 is 1.93 bits per heavy atom. The quantitative estimate of drug-likeness (QED) is 0.711. The van der Waals surface area contributed by atoms with Crippen LogP contribution >= 0.6 is 0 Å². The molecule has 0 fully saturated rings. The van der Waals surface area contributed by atoms with E-state index in [4.69, 9.17) is 0 Å². The fraction of sp³-hybridized carbons (Fsp3) is 0.417. The van der Waals surface area contributed by atoms with Gasteiger partial charge in [-0.05, 0) is 12.5 Å². The molecule has 1 amide bonds. The van der Waals surface area contributed by atoms with Crippen LogP contribution in [-0.2, 0) is 11.3 Å². The van der Waals surface area contributed by atoms with Crippen molar-refractivity contribution in [3.63, 3.8) is 0 Å². The molecule has 3 heteroatoms. The summed E-state index contributed by atoms with van der Waals surface area (Å²) < 4.78 is 0. The molecular formula is C12H18N2O. The third-order valence-electron chi connectivity index (χ3n) is 2.26. The Hall–Kier alpha value is -1.35. The smallest absolute Gasteiger partial charge is 0.221 e. The van der Waals surface area contributed by atoms with E-state index in [0.29, 0.717) is 13.0 Å². The maximum atomic E-state index is 10.9. The van der Waals surface area contributed by atoms with E-state index in [1.54, 1.807) is 7.05 Å². The van der Waals surface area contributed by atoms with Gasteiger partial charge in [0.1, 0.15) is 0 Å². The molecular weight excluding hydrogens is 188 g/mol. The number of benzene rings is 1. The van der Waals surface area contributed by atoms with E-state index < -0.39 is 0 Å². The Balaban J connectivity index is 2.20. The Kier molecular flexibility index (Phi) is 4.84. The molecule has 0 aliphatic heterocycles. The number of hydrogen-bond donors (Lipinski definition) is 2. The fourth-order valence-electron chi connectivity index (χ4n) is 1.27. The highest BCUT2D eigenvalue weighted by molar-refractivity contribution is 5.75. The first-order valence-electron chi connectivity index (χ1n) is 5.19. The summed E-state index contributed by atoms with van der Waals surface area (Å²) in [6, 6.07) is 8.38. The van der Waals surface area contributed by atoms with Crippen LogP contribution in [0.15, 0.2) is 24.3 Å². The van der Waals surface area contributed by atoms with Gasteiger partial charge in [0.05, 0.1) is 0 Å². The van der Waals surface area contributed by atoms with Gasteiger partial charge in [-0.25, -0.2) is 0 Å². The summed E-state index contributed by atoms with van der Waals surface area (Å²) in [4.78, 5) is 10.9. The number of rotatable bonds is 5. The van der Waals surface area contributed by atoms with E-state index in [-0.39, 0.29) is 5.91 Å². The van der Waals surface area contributed by atoms with Crippen molar-refractivity contribution in [2.24, 2.45) is 0 Å². The van der Waals surface area contributed by atoms with Crippen LogP contribution in [0.3, 0.4) is 0 Å². The minimum Gasteiger partial charge on any atom is -0.359 e. The predicted octanol–water partition coefficient (Wildman–Crippen LogP) is 1.22. The Morgan fingerprint density at radius 1 is 1.27 bits per heavy atom. The third kappa shape index (κ3) is 4.61. The summed E-state index contributed by atoms with van der Waals surface area (Å²) in [5.41, 5.74) is 2.52. The summed E-state index contributed by atoms with van der Waals surface area (Å²) in [5, 5.41) is 5.82. The van der Waals surface area contributed by atoms with Crippen molar-refractivity contribution in [2.45, 2.75) is 19.9 Å². The van der Waals surface area contributed by atoms with Gasteiger partial charge < -0.3 is 10.6 Å². The van der Waals surface area contributed by atoms with Crippen LogP contribution in [0.1, 0.15) is 17.5 Å². The van der Waals surface area contributed by atoms with Crippen LogP contribution in [-0.4, -0.2) is 19.5 Å². The van der Waals surface area contributed by atoms with E-state index in [1.165, 1.54) is 11.1 Å². The molecule has 0 heterocycles. The largest absolute Gasteiger partial charge is 0.359 e. The molecule has 0 aromatic heterocycles. The number of nitrogens with one attached hydrogen (secondary N) is 2. The third-order valence-corrected chi connectivity index (χ3v) is 2.26. The predicted molar refractivity (Wildman–Crippen MR) is 61.6 cm³/mol. The molecule has 0 unspecified atom stereocenters. The summed E-state index contributed by atoms with van der Waals surface area (Å²) in [7, 11) is 1.66. The Morgan fingerprint density at radius 3 is 2.53 bits per heavy atom. The molecule has 0 saturated carbocycles. The molecule has 0 spiro atoms. The standard InChI is InChI=1S/C12H18N2O/c1-10-3-5-11(6-4-10)9-14-8-7-12(15)13-2/h3-6,14H,7-9H2,1-2H3,(H,13,15). The van der Waals surface area contributed by atoms with E-state index in [2.05, 4.69) is 41.8 Å². The first kappa shape index (κ1) is 11.7. The van der Waals surface area contributed by atoms with Crippen LogP contribution in [0.25, 0.3) is 0 Å². The zero-order chi connectivity index (χ0) is 11.1. The number of hydrogen-bond acceptors (Lipinski definition) is 2. The van der Waals surface area contributed by atoms with Gasteiger partial charge in [0.2, 0.25) is 5.91 Å². The minimum atomic E-state index is 0.0754. The monoisotopic (exact) mass is 206 g/mol. The van der Waals surface area contributed by atoms with Gasteiger partial charge in [-0.15, -0.1) is 0 Å². The van der Waals surface area contributed by atoms with Crippen molar-refractivity contribution >= 4 is 5.91 Å². The highest BCUT2D eigenvalue weighted by Crippen LogP contribution is 2.02. The second kappa shape index (κ2) is 6.19. The van der Waals surface area contributed by atoms with E-state index in [1.807, 2.05) is 0 Å². The topological polar surface area (TPSA) is 41.1 Å². The van der Waals surface area contributed by atoms with E-state index in [9.17, 15) is 4.79 Å². The van der Waals surface area contributed by atoms with Crippen LogP contribution in [0.2, 0.25) is 0 Å². The number of carbonyl (C=O) groups is 1. The maximum Gasteiger partial charge on any atom is 0.221 e. The van der Waals surface area contributed by atoms with E-state index >= 15 is 0 Å². The molecule has 1 aromatic rings.